The second-order valence-electron chi connectivity index (χ2n) is 5.80. The molecule has 25 heavy (non-hydrogen) atoms. The molecule has 1 N–H and O–H groups in total. The molecule has 0 amide bonds. The molecule has 0 fully saturated rings. The summed E-state index contributed by atoms with van der Waals surface area (Å²) in [6, 6.07) is 13.8. The number of aromatic nitrogens is 3. The number of thiazole rings is 1. The zero-order valence-electron chi connectivity index (χ0n) is 13.7. The number of nitrogens with one attached hydrogen (secondary N) is 1. The van der Waals surface area contributed by atoms with Crippen LogP contribution in [0.3, 0.4) is 0 Å². The van der Waals surface area contributed by atoms with Gasteiger partial charge < -0.3 is 9.72 Å². The lowest BCUT2D eigenvalue weighted by atomic mass is 10.1. The van der Waals surface area contributed by atoms with Crippen LogP contribution in [-0.4, -0.2) is 15.0 Å². The van der Waals surface area contributed by atoms with Crippen LogP contribution in [0.15, 0.2) is 53.6 Å². The van der Waals surface area contributed by atoms with Gasteiger partial charge in [-0.05, 0) is 55.3 Å². The highest BCUT2D eigenvalue weighted by Crippen LogP contribution is 2.32. The van der Waals surface area contributed by atoms with Crippen LogP contribution >= 0.6 is 11.3 Å². The molecule has 0 aliphatic rings. The first-order valence-electron chi connectivity index (χ1n) is 7.80. The molecule has 0 aliphatic heterocycles. The van der Waals surface area contributed by atoms with E-state index in [1.807, 2.05) is 56.3 Å². The van der Waals surface area contributed by atoms with Gasteiger partial charge in [0.25, 0.3) is 5.56 Å². The van der Waals surface area contributed by atoms with Gasteiger partial charge in [0.05, 0.1) is 6.33 Å². The second kappa shape index (κ2) is 6.14. The van der Waals surface area contributed by atoms with E-state index in [0.29, 0.717) is 10.3 Å². The molecule has 6 heteroatoms. The molecule has 0 aliphatic carbocycles. The molecule has 0 atom stereocenters. The van der Waals surface area contributed by atoms with Crippen LogP contribution in [0.5, 0.6) is 11.5 Å². The molecule has 124 valence electrons. The Morgan fingerprint density at radius 2 is 2.00 bits per heavy atom. The van der Waals surface area contributed by atoms with Gasteiger partial charge in [0.1, 0.15) is 16.5 Å². The quantitative estimate of drug-likeness (QED) is 0.593. The normalized spacial score (nSPS) is 11.0. The Morgan fingerprint density at radius 1 is 1.12 bits per heavy atom. The lowest BCUT2D eigenvalue weighted by Gasteiger charge is -2.10. The first-order valence-corrected chi connectivity index (χ1v) is 8.61. The van der Waals surface area contributed by atoms with Gasteiger partial charge in [0, 0.05) is 5.56 Å². The van der Waals surface area contributed by atoms with Crippen molar-refractivity contribution in [2.24, 2.45) is 0 Å². The number of aromatic amines is 1. The molecular weight excluding hydrogens is 334 g/mol. The zero-order chi connectivity index (χ0) is 17.4. The van der Waals surface area contributed by atoms with E-state index in [1.54, 1.807) is 0 Å². The summed E-state index contributed by atoms with van der Waals surface area (Å²) in [6.45, 7) is 4.03. The zero-order valence-corrected chi connectivity index (χ0v) is 14.6. The van der Waals surface area contributed by atoms with Crippen molar-refractivity contribution < 1.29 is 4.74 Å². The van der Waals surface area contributed by atoms with E-state index in [2.05, 4.69) is 15.0 Å². The number of nitrogens with zero attached hydrogens (tertiary/aromatic N) is 2. The van der Waals surface area contributed by atoms with Crippen molar-refractivity contribution in [3.05, 3.63) is 70.3 Å². The van der Waals surface area contributed by atoms with Gasteiger partial charge in [-0.1, -0.05) is 23.5 Å². The number of ether oxygens (including phenoxy) is 1. The Bertz CT molecular complexity index is 1130. The van der Waals surface area contributed by atoms with Crippen molar-refractivity contribution >= 4 is 21.7 Å². The van der Waals surface area contributed by atoms with Crippen LogP contribution < -0.4 is 10.3 Å². The molecule has 2 aromatic carbocycles. The minimum Gasteiger partial charge on any atom is -0.457 e. The molecule has 0 radical (unpaired) electrons. The number of hydrogen-bond acceptors (Lipinski definition) is 5. The SMILES string of the molecule is Cc1cccc(Oc2ccc(-c3nc4c(=O)[nH]cnc4s3)cc2C)c1. The lowest BCUT2D eigenvalue weighted by Crippen LogP contribution is -2.05. The van der Waals surface area contributed by atoms with Gasteiger partial charge in [0.2, 0.25) is 0 Å². The number of benzene rings is 2. The predicted octanol–water partition coefficient (Wildman–Crippen LogP) is 4.46. The largest absolute Gasteiger partial charge is 0.457 e. The highest BCUT2D eigenvalue weighted by atomic mass is 32.1. The summed E-state index contributed by atoms with van der Waals surface area (Å²) in [4.78, 5) is 23.6. The molecule has 2 heterocycles. The van der Waals surface area contributed by atoms with E-state index in [4.69, 9.17) is 4.74 Å². The molecule has 0 unspecified atom stereocenters. The number of fused-ring (bicyclic) bond motifs is 1. The van der Waals surface area contributed by atoms with Crippen molar-refractivity contribution in [2.45, 2.75) is 13.8 Å². The molecular formula is C19H15N3O2S. The predicted molar refractivity (Wildman–Crippen MR) is 99.5 cm³/mol. The number of rotatable bonds is 3. The standard InChI is InChI=1S/C19H15N3O2S/c1-11-4-3-5-14(8-11)24-15-7-6-13(9-12(15)2)18-22-16-17(23)20-10-21-19(16)25-18/h3-10H,1-2H3,(H,20,21,23). The maximum Gasteiger partial charge on any atom is 0.278 e. The Kier molecular flexibility index (Phi) is 3.82. The van der Waals surface area contributed by atoms with Crippen LogP contribution in [0.25, 0.3) is 20.9 Å². The highest BCUT2D eigenvalue weighted by molar-refractivity contribution is 7.21. The maximum absolute atomic E-state index is 11.8. The van der Waals surface area contributed by atoms with Crippen LogP contribution in [0.2, 0.25) is 0 Å². The summed E-state index contributed by atoms with van der Waals surface area (Å²) in [5, 5.41) is 0.768. The third-order valence-electron chi connectivity index (χ3n) is 3.84. The Morgan fingerprint density at radius 3 is 2.76 bits per heavy atom. The average Bonchev–Trinajstić information content (AvgIpc) is 3.02. The monoisotopic (exact) mass is 349 g/mol. The van der Waals surface area contributed by atoms with Crippen LogP contribution in [-0.2, 0) is 0 Å². The van der Waals surface area contributed by atoms with Gasteiger partial charge in [-0.3, -0.25) is 4.79 Å². The van der Waals surface area contributed by atoms with Gasteiger partial charge in [-0.2, -0.15) is 0 Å². The minimum absolute atomic E-state index is 0.219. The molecule has 4 aromatic rings. The third-order valence-corrected chi connectivity index (χ3v) is 4.85. The fourth-order valence-corrected chi connectivity index (χ4v) is 3.50. The summed E-state index contributed by atoms with van der Waals surface area (Å²) >= 11 is 1.40. The fourth-order valence-electron chi connectivity index (χ4n) is 2.59. The van der Waals surface area contributed by atoms with Crippen molar-refractivity contribution in [2.75, 3.05) is 0 Å². The van der Waals surface area contributed by atoms with Gasteiger partial charge in [-0.15, -0.1) is 0 Å². The highest BCUT2D eigenvalue weighted by Gasteiger charge is 2.11. The van der Waals surface area contributed by atoms with E-state index in [9.17, 15) is 4.79 Å². The summed E-state index contributed by atoms with van der Waals surface area (Å²) in [6.07, 6.45) is 1.40. The van der Waals surface area contributed by atoms with Gasteiger partial charge in [0.15, 0.2) is 10.3 Å². The molecule has 0 bridgehead atoms. The van der Waals surface area contributed by atoms with E-state index in [0.717, 1.165) is 33.2 Å². The van der Waals surface area contributed by atoms with E-state index >= 15 is 0 Å². The van der Waals surface area contributed by atoms with Crippen LogP contribution in [0.4, 0.5) is 0 Å². The van der Waals surface area contributed by atoms with Gasteiger partial charge >= 0.3 is 0 Å². The Balaban J connectivity index is 1.69. The fraction of sp³-hybridized carbons (Fsp3) is 0.105. The summed E-state index contributed by atoms with van der Waals surface area (Å²) in [5.74, 6) is 1.61. The topological polar surface area (TPSA) is 67.9 Å². The van der Waals surface area contributed by atoms with E-state index in [-0.39, 0.29) is 5.56 Å². The second-order valence-corrected chi connectivity index (χ2v) is 6.78. The van der Waals surface area contributed by atoms with E-state index < -0.39 is 0 Å². The third kappa shape index (κ3) is 3.04. The molecule has 0 saturated carbocycles. The number of hydrogen-bond donors (Lipinski definition) is 1. The average molecular weight is 349 g/mol. The molecule has 4 rings (SSSR count). The molecule has 0 saturated heterocycles. The van der Waals surface area contributed by atoms with E-state index in [1.165, 1.54) is 17.7 Å². The minimum atomic E-state index is -0.219. The summed E-state index contributed by atoms with van der Waals surface area (Å²) in [7, 11) is 0. The lowest BCUT2D eigenvalue weighted by molar-refractivity contribution is 0.478. The number of H-pyrrole nitrogens is 1. The Labute approximate surface area is 148 Å². The van der Waals surface area contributed by atoms with Crippen LogP contribution in [0.1, 0.15) is 11.1 Å². The first-order chi connectivity index (χ1) is 12.1. The first kappa shape index (κ1) is 15.5. The number of aryl methyl sites for hydroxylation is 2. The van der Waals surface area contributed by atoms with Crippen molar-refractivity contribution in [1.29, 1.82) is 0 Å². The summed E-state index contributed by atoms with van der Waals surface area (Å²) in [5.41, 5.74) is 3.25. The van der Waals surface area contributed by atoms with Crippen molar-refractivity contribution in [3.8, 4) is 22.1 Å². The maximum atomic E-state index is 11.8. The Hall–Kier alpha value is -2.99. The van der Waals surface area contributed by atoms with Gasteiger partial charge in [-0.25, -0.2) is 9.97 Å². The molecule has 5 nitrogen and oxygen atoms in total. The van der Waals surface area contributed by atoms with Crippen LogP contribution in [0, 0.1) is 13.8 Å². The smallest absolute Gasteiger partial charge is 0.278 e. The summed E-state index contributed by atoms with van der Waals surface area (Å²) < 4.78 is 5.97. The van der Waals surface area contributed by atoms with Crippen molar-refractivity contribution in [3.63, 3.8) is 0 Å². The van der Waals surface area contributed by atoms with Crippen molar-refractivity contribution in [1.82, 2.24) is 15.0 Å². The molecule has 2 aromatic heterocycles. The molecule has 0 spiro atoms.